The van der Waals surface area contributed by atoms with Gasteiger partial charge in [-0.25, -0.2) is 0 Å². The summed E-state index contributed by atoms with van der Waals surface area (Å²) in [6.45, 7) is 11.8. The van der Waals surface area contributed by atoms with Crippen molar-refractivity contribution >= 4 is 19.7 Å². The van der Waals surface area contributed by atoms with Crippen LogP contribution < -0.4 is 14.0 Å². The Bertz CT molecular complexity index is 1610. The first kappa shape index (κ1) is 58.8. The minimum absolute atomic E-state index is 0.262. The van der Waals surface area contributed by atoms with Crippen molar-refractivity contribution < 1.29 is 48.8 Å². The van der Waals surface area contributed by atoms with Crippen molar-refractivity contribution in [2.75, 3.05) is 0 Å². The molecule has 0 radical (unpaired) electrons. The van der Waals surface area contributed by atoms with Crippen molar-refractivity contribution in [3.8, 4) is 11.5 Å². The molecule has 0 aliphatic heterocycles. The van der Waals surface area contributed by atoms with Gasteiger partial charge in [-0.2, -0.15) is 4.57 Å². The molecule has 64 heavy (non-hydrogen) atoms. The zero-order valence-corrected chi connectivity index (χ0v) is 41.1. The average Bonchev–Trinajstić information content (AvgIpc) is 3.20. The van der Waals surface area contributed by atoms with Crippen LogP contribution >= 0.6 is 7.81 Å². The van der Waals surface area contributed by atoms with Crippen LogP contribution in [0.3, 0.4) is 0 Å². The first-order valence-electron chi connectivity index (χ1n) is 24.7. The fraction of sp³-hybridized carbons (Fsp3) is 0.673. The van der Waals surface area contributed by atoms with Gasteiger partial charge in [-0.05, 0) is 94.4 Å². The van der Waals surface area contributed by atoms with Gasteiger partial charge in [0.1, 0.15) is 0 Å². The number of unbranched alkanes of at least 4 members (excludes halogenated alkanes) is 22. The molecule has 5 nitrogen and oxygen atoms in total. The van der Waals surface area contributed by atoms with E-state index in [2.05, 4.69) is 75.6 Å². The van der Waals surface area contributed by atoms with Gasteiger partial charge in [-0.1, -0.05) is 147 Å². The van der Waals surface area contributed by atoms with Crippen LogP contribution in [0.1, 0.15) is 216 Å². The second kappa shape index (κ2) is 32.5. The summed E-state index contributed by atoms with van der Waals surface area (Å²) in [5.74, 6) is 0.167. The maximum atomic E-state index is 13.0. The molecule has 0 N–H and O–H groups in total. The van der Waals surface area contributed by atoms with E-state index in [1.165, 1.54) is 145 Å². The normalized spacial score (nSPS) is 12.9. The number of aryl methyl sites for hydroxylation is 4. The van der Waals surface area contributed by atoms with E-state index in [1.54, 1.807) is 6.07 Å². The van der Waals surface area contributed by atoms with Crippen LogP contribution in [0.5, 0.6) is 11.5 Å². The number of pyridine rings is 1. The predicted molar refractivity (Wildman–Crippen MR) is 255 cm³/mol. The fourth-order valence-electron chi connectivity index (χ4n) is 7.63. The Labute approximate surface area is 383 Å². The van der Waals surface area contributed by atoms with Crippen molar-refractivity contribution in [3.05, 3.63) is 77.2 Å². The van der Waals surface area contributed by atoms with Crippen LogP contribution in [0.25, 0.3) is 0 Å². The van der Waals surface area contributed by atoms with Crippen molar-refractivity contribution in [1.82, 2.24) is 0 Å². The Morgan fingerprint density at radius 3 is 1.23 bits per heavy atom. The Hall–Kier alpha value is -3.20. The summed E-state index contributed by atoms with van der Waals surface area (Å²) >= 11 is 0. The molecule has 0 amide bonds. The zero-order chi connectivity index (χ0) is 47.6. The van der Waals surface area contributed by atoms with Crippen LogP contribution in [0.2, 0.25) is 0 Å². The molecule has 0 bridgehead atoms. The van der Waals surface area contributed by atoms with Crippen LogP contribution in [0.15, 0.2) is 54.6 Å². The van der Waals surface area contributed by atoms with Gasteiger partial charge in [0, 0.05) is 45.2 Å². The summed E-state index contributed by atoms with van der Waals surface area (Å²) < 4.78 is 73.3. The van der Waals surface area contributed by atoms with E-state index in [-0.39, 0.29) is 11.9 Å². The summed E-state index contributed by atoms with van der Waals surface area (Å²) in [7, 11) is -10.7. The second-order valence-corrected chi connectivity index (χ2v) is 19.5. The molecule has 0 atom stereocenters. The van der Waals surface area contributed by atoms with Gasteiger partial charge < -0.3 is 9.47 Å². The number of rotatable bonds is 35. The third kappa shape index (κ3) is 37.1. The number of hydrogen-bond acceptors (Lipinski definition) is 4. The average molecular weight is 932 g/mol. The molecular weight excluding hydrogens is 848 g/mol. The Morgan fingerprint density at radius 2 is 0.844 bits per heavy atom. The molecule has 2 aromatic rings. The van der Waals surface area contributed by atoms with Gasteiger partial charge in [0.25, 0.3) is 0 Å². The summed E-state index contributed by atoms with van der Waals surface area (Å²) in [6.07, 6.45) is 42.5. The minimum atomic E-state index is -10.7. The van der Waals surface area contributed by atoms with Crippen LogP contribution in [0, 0.1) is 20.8 Å². The van der Waals surface area contributed by atoms with E-state index < -0.39 is 7.81 Å². The number of benzene rings is 1. The van der Waals surface area contributed by atoms with Crippen molar-refractivity contribution in [3.63, 3.8) is 0 Å². The number of hydrogen-bond donors (Lipinski definition) is 0. The molecule has 2 rings (SSSR count). The summed E-state index contributed by atoms with van der Waals surface area (Å²) in [4.78, 5) is 26.0. The van der Waals surface area contributed by atoms with Gasteiger partial charge in [0.15, 0.2) is 29.4 Å². The maximum absolute atomic E-state index is 13.0. The quantitative estimate of drug-likeness (QED) is 0.0131. The molecule has 0 saturated carbocycles. The summed E-state index contributed by atoms with van der Waals surface area (Å²) in [5, 5.41) is 0. The van der Waals surface area contributed by atoms with E-state index in [4.69, 9.17) is 9.47 Å². The standard InChI is InChI=1S/C52H84NO4.F6P/c1-6-8-10-12-14-16-18-20-22-24-26-28-30-32-34-36-51(54)56-49-39-38-48(40-41-53-46(4)42-45(3)43-47(53)5)44-50(49)57-52(55)37-35-33-31-29-27-25-23-21-19-17-15-13-11-9-7-2;1-7(2,3,4,5)6/h18-21,38-39,42-44H,6-17,22-37,40-41H2,1-5H3;/q+1;-1/b20-18-,21-19-;. The number of aromatic nitrogens is 1. The molecular formula is C52H84F6NO4P. The van der Waals surface area contributed by atoms with Gasteiger partial charge in [-0.15, -0.1) is 0 Å². The summed E-state index contributed by atoms with van der Waals surface area (Å²) in [6, 6.07) is 10.1. The number of carbonyl (C=O) groups is 2. The van der Waals surface area contributed by atoms with Gasteiger partial charge in [-0.3, -0.25) is 9.59 Å². The number of esters is 2. The predicted octanol–water partition coefficient (Wildman–Crippen LogP) is 18.4. The molecule has 1 heterocycles. The van der Waals surface area contributed by atoms with Crippen LogP contribution in [-0.2, 0) is 22.6 Å². The number of carbonyl (C=O) groups excluding carboxylic acids is 2. The molecule has 368 valence electrons. The van der Waals surface area contributed by atoms with Crippen molar-refractivity contribution in [1.29, 1.82) is 0 Å². The molecule has 1 aromatic heterocycles. The van der Waals surface area contributed by atoms with E-state index in [0.717, 1.165) is 57.1 Å². The summed E-state index contributed by atoms with van der Waals surface area (Å²) in [5.41, 5.74) is 4.75. The number of ether oxygens (including phenoxy) is 2. The first-order valence-corrected chi connectivity index (χ1v) is 26.7. The molecule has 1 aromatic carbocycles. The van der Waals surface area contributed by atoms with Crippen molar-refractivity contribution in [2.45, 2.75) is 227 Å². The first-order chi connectivity index (χ1) is 30.3. The Balaban J connectivity index is 0.00000269. The zero-order valence-electron chi connectivity index (χ0n) is 40.2. The van der Waals surface area contributed by atoms with Gasteiger partial charge in [0.2, 0.25) is 0 Å². The third-order valence-corrected chi connectivity index (χ3v) is 11.1. The monoisotopic (exact) mass is 932 g/mol. The van der Waals surface area contributed by atoms with Crippen molar-refractivity contribution in [2.24, 2.45) is 0 Å². The van der Waals surface area contributed by atoms with E-state index in [9.17, 15) is 34.8 Å². The van der Waals surface area contributed by atoms with Crippen LogP contribution in [-0.4, -0.2) is 11.9 Å². The molecule has 0 saturated heterocycles. The van der Waals surface area contributed by atoms with Gasteiger partial charge in [0.05, 0.1) is 0 Å². The number of nitrogens with zero attached hydrogens (tertiary/aromatic N) is 1. The van der Waals surface area contributed by atoms with Gasteiger partial charge >= 0.3 is 44.9 Å². The van der Waals surface area contributed by atoms with E-state index in [0.29, 0.717) is 24.3 Å². The number of halogens is 6. The van der Waals surface area contributed by atoms with E-state index in [1.807, 2.05) is 12.1 Å². The molecule has 12 heteroatoms. The topological polar surface area (TPSA) is 56.5 Å². The van der Waals surface area contributed by atoms with Crippen LogP contribution in [0.4, 0.5) is 25.2 Å². The van der Waals surface area contributed by atoms with E-state index >= 15 is 0 Å². The fourth-order valence-corrected chi connectivity index (χ4v) is 7.63. The third-order valence-electron chi connectivity index (χ3n) is 11.1. The molecule has 0 aliphatic carbocycles. The molecule has 0 aliphatic rings. The second-order valence-electron chi connectivity index (χ2n) is 17.6. The SMILES string of the molecule is CCCCCCC/C=C\CCCCCCCCC(=O)Oc1ccc(CC[n+]2c(C)cc(C)cc2C)cc1OC(=O)CCCCCCCC/C=C\CCCCCCC.F[P-](F)(F)(F)(F)F. The Morgan fingerprint density at radius 1 is 0.500 bits per heavy atom. The number of allylic oxidation sites excluding steroid dienone is 4. The Kier molecular flexibility index (Phi) is 29.8. The molecule has 0 fully saturated rings. The molecule has 0 spiro atoms. The molecule has 0 unspecified atom stereocenters.